The fourth-order valence-electron chi connectivity index (χ4n) is 2.34. The Morgan fingerprint density at radius 2 is 2.47 bits per heavy atom. The third kappa shape index (κ3) is 2.95. The van der Waals surface area contributed by atoms with Crippen molar-refractivity contribution in [3.63, 3.8) is 0 Å². The van der Waals surface area contributed by atoms with Gasteiger partial charge in [0.1, 0.15) is 11.8 Å². The van der Waals surface area contributed by atoms with Crippen molar-refractivity contribution in [1.82, 2.24) is 9.88 Å². The van der Waals surface area contributed by atoms with Crippen molar-refractivity contribution < 1.29 is 0 Å². The molecule has 17 heavy (non-hydrogen) atoms. The molecule has 0 radical (unpaired) electrons. The minimum Gasteiger partial charge on any atom is -0.382 e. The third-order valence-corrected chi connectivity index (χ3v) is 3.33. The maximum absolute atomic E-state index is 8.66. The van der Waals surface area contributed by atoms with Gasteiger partial charge in [-0.3, -0.25) is 4.90 Å². The molecule has 90 valence electrons. The summed E-state index contributed by atoms with van der Waals surface area (Å²) in [5, 5.41) is 12.0. The van der Waals surface area contributed by atoms with E-state index in [0.29, 0.717) is 11.7 Å². The van der Waals surface area contributed by atoms with Crippen LogP contribution in [0.2, 0.25) is 0 Å². The molecule has 0 aromatic carbocycles. The van der Waals surface area contributed by atoms with E-state index in [0.717, 1.165) is 18.8 Å². The van der Waals surface area contributed by atoms with Crippen LogP contribution < -0.4 is 5.32 Å². The van der Waals surface area contributed by atoms with Gasteiger partial charge in [-0.1, -0.05) is 6.92 Å². The Balaban J connectivity index is 1.87. The Labute approximate surface area is 102 Å². The molecular weight excluding hydrogens is 212 g/mol. The lowest BCUT2D eigenvalue weighted by Crippen LogP contribution is -2.34. The van der Waals surface area contributed by atoms with Gasteiger partial charge in [-0.05, 0) is 38.1 Å². The maximum Gasteiger partial charge on any atom is 0.140 e. The van der Waals surface area contributed by atoms with E-state index in [4.69, 9.17) is 5.26 Å². The summed E-state index contributed by atoms with van der Waals surface area (Å²) in [6.45, 7) is 5.51. The van der Waals surface area contributed by atoms with Crippen LogP contribution in [0.1, 0.15) is 25.5 Å². The second-order valence-corrected chi connectivity index (χ2v) is 4.35. The number of anilines is 1. The van der Waals surface area contributed by atoms with Gasteiger partial charge in [0.15, 0.2) is 0 Å². The number of hydrogen-bond acceptors (Lipinski definition) is 4. The van der Waals surface area contributed by atoms with E-state index in [1.54, 1.807) is 12.3 Å². The van der Waals surface area contributed by atoms with Crippen LogP contribution in [0.15, 0.2) is 18.3 Å². The van der Waals surface area contributed by atoms with E-state index in [-0.39, 0.29) is 0 Å². The average Bonchev–Trinajstić information content (AvgIpc) is 2.84. The number of nitrogens with one attached hydrogen (secondary N) is 1. The second kappa shape index (κ2) is 5.65. The van der Waals surface area contributed by atoms with Gasteiger partial charge in [0.2, 0.25) is 0 Å². The lowest BCUT2D eigenvalue weighted by molar-refractivity contribution is 0.277. The summed E-state index contributed by atoms with van der Waals surface area (Å²) in [5.41, 5.74) is 1.46. The van der Waals surface area contributed by atoms with Crippen molar-refractivity contribution in [2.45, 2.75) is 25.8 Å². The fourth-order valence-corrected chi connectivity index (χ4v) is 2.34. The quantitative estimate of drug-likeness (QED) is 0.857. The molecule has 1 aromatic heterocycles. The zero-order valence-corrected chi connectivity index (χ0v) is 10.2. The van der Waals surface area contributed by atoms with Crippen molar-refractivity contribution >= 4 is 5.69 Å². The van der Waals surface area contributed by atoms with E-state index in [1.807, 2.05) is 12.1 Å². The molecule has 4 nitrogen and oxygen atoms in total. The molecule has 0 saturated carbocycles. The highest BCUT2D eigenvalue weighted by Gasteiger charge is 2.22. The van der Waals surface area contributed by atoms with E-state index < -0.39 is 0 Å². The molecule has 1 fully saturated rings. The molecule has 2 rings (SSSR count). The van der Waals surface area contributed by atoms with Gasteiger partial charge in [-0.15, -0.1) is 0 Å². The van der Waals surface area contributed by atoms with Gasteiger partial charge in [0, 0.05) is 12.6 Å². The lowest BCUT2D eigenvalue weighted by Gasteiger charge is -2.23. The minimum atomic E-state index is 0.464. The van der Waals surface area contributed by atoms with Crippen LogP contribution in [-0.2, 0) is 0 Å². The first-order chi connectivity index (χ1) is 8.33. The van der Waals surface area contributed by atoms with Crippen LogP contribution in [0.4, 0.5) is 5.69 Å². The summed E-state index contributed by atoms with van der Waals surface area (Å²) in [6.07, 6.45) is 4.29. The maximum atomic E-state index is 8.66. The number of nitrogens with zero attached hydrogens (tertiary/aromatic N) is 3. The van der Waals surface area contributed by atoms with Crippen molar-refractivity contribution in [3.05, 3.63) is 24.0 Å². The number of aromatic nitrogens is 1. The summed E-state index contributed by atoms with van der Waals surface area (Å²) in [4.78, 5) is 6.55. The molecule has 1 atom stereocenters. The van der Waals surface area contributed by atoms with Crippen LogP contribution in [0.5, 0.6) is 0 Å². The molecular formula is C13H18N4. The number of nitriles is 1. The minimum absolute atomic E-state index is 0.464. The van der Waals surface area contributed by atoms with Gasteiger partial charge in [0.05, 0.1) is 11.9 Å². The Morgan fingerprint density at radius 1 is 1.59 bits per heavy atom. The van der Waals surface area contributed by atoms with Crippen LogP contribution in [0.25, 0.3) is 0 Å². The fraction of sp³-hybridized carbons (Fsp3) is 0.538. The molecule has 1 N–H and O–H groups in total. The zero-order chi connectivity index (χ0) is 12.1. The number of rotatable bonds is 4. The van der Waals surface area contributed by atoms with E-state index in [9.17, 15) is 0 Å². The summed E-state index contributed by atoms with van der Waals surface area (Å²) in [6, 6.07) is 6.31. The van der Waals surface area contributed by atoms with E-state index in [2.05, 4.69) is 22.1 Å². The van der Waals surface area contributed by atoms with Crippen molar-refractivity contribution in [2.75, 3.05) is 25.0 Å². The van der Waals surface area contributed by atoms with Gasteiger partial charge >= 0.3 is 0 Å². The Bertz CT molecular complexity index is 393. The summed E-state index contributed by atoms with van der Waals surface area (Å²) < 4.78 is 0. The third-order valence-electron chi connectivity index (χ3n) is 3.33. The number of likely N-dealkylation sites (N-methyl/N-ethyl adjacent to an activating group) is 1. The number of hydrogen-bond donors (Lipinski definition) is 1. The summed E-state index contributed by atoms with van der Waals surface area (Å²) >= 11 is 0. The molecule has 0 aliphatic carbocycles. The highest BCUT2D eigenvalue weighted by molar-refractivity contribution is 5.42. The molecule has 1 unspecified atom stereocenters. The summed E-state index contributed by atoms with van der Waals surface area (Å²) in [7, 11) is 0. The monoisotopic (exact) mass is 230 g/mol. The van der Waals surface area contributed by atoms with Gasteiger partial charge < -0.3 is 5.32 Å². The number of pyridine rings is 1. The van der Waals surface area contributed by atoms with Crippen molar-refractivity contribution in [2.24, 2.45) is 0 Å². The Kier molecular flexibility index (Phi) is 3.94. The molecule has 1 saturated heterocycles. The standard InChI is InChI=1S/C13H18N4/c1-2-17-7-3-4-13(17)10-16-12-6-5-11(8-14)15-9-12/h5-6,9,13,16H,2-4,7,10H2,1H3. The topological polar surface area (TPSA) is 52.0 Å². The first-order valence-electron chi connectivity index (χ1n) is 6.17. The zero-order valence-electron chi connectivity index (χ0n) is 10.2. The normalized spacial score (nSPS) is 20.1. The molecule has 0 amide bonds. The smallest absolute Gasteiger partial charge is 0.140 e. The predicted molar refractivity (Wildman–Crippen MR) is 67.7 cm³/mol. The lowest BCUT2D eigenvalue weighted by atomic mass is 10.2. The van der Waals surface area contributed by atoms with Crippen LogP contribution in [0.3, 0.4) is 0 Å². The highest BCUT2D eigenvalue weighted by Crippen LogP contribution is 2.17. The average molecular weight is 230 g/mol. The van der Waals surface area contributed by atoms with Crippen LogP contribution >= 0.6 is 0 Å². The predicted octanol–water partition coefficient (Wildman–Crippen LogP) is 1.85. The Morgan fingerprint density at radius 3 is 3.12 bits per heavy atom. The van der Waals surface area contributed by atoms with Gasteiger partial charge in [-0.2, -0.15) is 5.26 Å². The molecule has 2 heterocycles. The SMILES string of the molecule is CCN1CCCC1CNc1ccc(C#N)nc1. The van der Waals surface area contributed by atoms with Crippen LogP contribution in [0, 0.1) is 11.3 Å². The largest absolute Gasteiger partial charge is 0.382 e. The molecule has 1 aliphatic heterocycles. The molecule has 1 aromatic rings. The second-order valence-electron chi connectivity index (χ2n) is 4.35. The molecule has 0 spiro atoms. The summed E-state index contributed by atoms with van der Waals surface area (Å²) in [5.74, 6) is 0. The number of likely N-dealkylation sites (tertiary alicyclic amines) is 1. The molecule has 4 heteroatoms. The van der Waals surface area contributed by atoms with Crippen molar-refractivity contribution in [1.29, 1.82) is 5.26 Å². The first kappa shape index (κ1) is 11.9. The van der Waals surface area contributed by atoms with E-state index in [1.165, 1.54) is 19.4 Å². The molecule has 0 bridgehead atoms. The van der Waals surface area contributed by atoms with Gasteiger partial charge in [0.25, 0.3) is 0 Å². The van der Waals surface area contributed by atoms with Crippen molar-refractivity contribution in [3.8, 4) is 6.07 Å². The highest BCUT2D eigenvalue weighted by atomic mass is 15.2. The van der Waals surface area contributed by atoms with Gasteiger partial charge in [-0.25, -0.2) is 4.98 Å². The molecule has 1 aliphatic rings. The first-order valence-corrected chi connectivity index (χ1v) is 6.17. The van der Waals surface area contributed by atoms with E-state index >= 15 is 0 Å². The van der Waals surface area contributed by atoms with Crippen LogP contribution in [-0.4, -0.2) is 35.6 Å². The Hall–Kier alpha value is -1.60.